The van der Waals surface area contributed by atoms with Gasteiger partial charge in [0.15, 0.2) is 0 Å². The molecule has 23 heavy (non-hydrogen) atoms. The van der Waals surface area contributed by atoms with Gasteiger partial charge < -0.3 is 14.4 Å². The Labute approximate surface area is 135 Å². The summed E-state index contributed by atoms with van der Waals surface area (Å²) in [6.07, 6.45) is 4.15. The molecule has 1 fully saturated rings. The second-order valence-electron chi connectivity index (χ2n) is 5.82. The molecule has 1 saturated heterocycles. The average molecular weight is 316 g/mol. The number of rotatable bonds is 4. The van der Waals surface area contributed by atoms with Crippen molar-refractivity contribution in [2.75, 3.05) is 31.1 Å². The normalized spacial score (nSPS) is 15.0. The smallest absolute Gasteiger partial charge is 0.224 e. The highest BCUT2D eigenvalue weighted by Gasteiger charge is 2.22. The second-order valence-corrected chi connectivity index (χ2v) is 5.82. The van der Waals surface area contributed by atoms with E-state index in [-0.39, 0.29) is 11.7 Å². The molecular weight excluding hydrogens is 295 g/mol. The van der Waals surface area contributed by atoms with Crippen LogP contribution in [0.4, 0.5) is 10.1 Å². The number of benzene rings is 1. The predicted molar refractivity (Wildman–Crippen MR) is 86.8 cm³/mol. The third-order valence-corrected chi connectivity index (χ3v) is 4.17. The molecule has 1 aromatic heterocycles. The highest BCUT2D eigenvalue weighted by molar-refractivity contribution is 5.76. The molecule has 1 aromatic carbocycles. The van der Waals surface area contributed by atoms with Crippen molar-refractivity contribution in [3.05, 3.63) is 48.3 Å². The second kappa shape index (κ2) is 6.81. The molecule has 0 bridgehead atoms. The Morgan fingerprint density at radius 3 is 2.61 bits per heavy atom. The first-order valence-corrected chi connectivity index (χ1v) is 7.89. The van der Waals surface area contributed by atoms with Gasteiger partial charge in [-0.1, -0.05) is 12.1 Å². The van der Waals surface area contributed by atoms with Crippen LogP contribution in [0.5, 0.6) is 0 Å². The lowest BCUT2D eigenvalue weighted by molar-refractivity contribution is -0.131. The molecule has 6 heteroatoms. The summed E-state index contributed by atoms with van der Waals surface area (Å²) < 4.78 is 15.7. The zero-order valence-electron chi connectivity index (χ0n) is 13.3. The molecule has 0 atom stereocenters. The number of aryl methyl sites for hydroxylation is 2. The molecule has 0 N–H and O–H groups in total. The summed E-state index contributed by atoms with van der Waals surface area (Å²) in [7, 11) is 0. The molecule has 3 rings (SSSR count). The monoisotopic (exact) mass is 316 g/mol. The van der Waals surface area contributed by atoms with Crippen LogP contribution >= 0.6 is 0 Å². The van der Waals surface area contributed by atoms with Gasteiger partial charge in [-0.05, 0) is 19.1 Å². The number of nitrogens with zero attached hydrogens (tertiary/aromatic N) is 4. The number of hydrogen-bond acceptors (Lipinski definition) is 3. The molecule has 1 aliphatic heterocycles. The number of amides is 1. The minimum Gasteiger partial charge on any atom is -0.366 e. The summed E-state index contributed by atoms with van der Waals surface area (Å²) in [5, 5.41) is 0. The third kappa shape index (κ3) is 3.70. The zero-order chi connectivity index (χ0) is 16.2. The van der Waals surface area contributed by atoms with Crippen molar-refractivity contribution in [2.24, 2.45) is 0 Å². The topological polar surface area (TPSA) is 41.4 Å². The van der Waals surface area contributed by atoms with E-state index < -0.39 is 0 Å². The minimum absolute atomic E-state index is 0.143. The molecule has 0 aliphatic carbocycles. The van der Waals surface area contributed by atoms with E-state index in [1.165, 1.54) is 6.07 Å². The van der Waals surface area contributed by atoms with Crippen LogP contribution in [0.1, 0.15) is 12.1 Å². The Balaban J connectivity index is 1.50. The highest BCUT2D eigenvalue weighted by Crippen LogP contribution is 2.20. The summed E-state index contributed by atoms with van der Waals surface area (Å²) >= 11 is 0. The summed E-state index contributed by atoms with van der Waals surface area (Å²) in [6, 6.07) is 6.79. The van der Waals surface area contributed by atoms with Crippen LogP contribution in [0, 0.1) is 12.7 Å². The SMILES string of the molecule is Cc1cn(CCC(=O)N2CCN(c3ccccc3F)CC2)cn1. The number of halogens is 1. The lowest BCUT2D eigenvalue weighted by atomic mass is 10.2. The lowest BCUT2D eigenvalue weighted by Crippen LogP contribution is -2.49. The molecule has 1 amide bonds. The molecule has 0 unspecified atom stereocenters. The Bertz CT molecular complexity index is 677. The van der Waals surface area contributed by atoms with Crippen LogP contribution in [0.25, 0.3) is 0 Å². The van der Waals surface area contributed by atoms with E-state index in [1.807, 2.05) is 33.6 Å². The van der Waals surface area contributed by atoms with Crippen LogP contribution in [-0.2, 0) is 11.3 Å². The van der Waals surface area contributed by atoms with Gasteiger partial charge in [0.1, 0.15) is 5.82 Å². The van der Waals surface area contributed by atoms with E-state index in [9.17, 15) is 9.18 Å². The summed E-state index contributed by atoms with van der Waals surface area (Å²) in [5.41, 5.74) is 1.57. The maximum absolute atomic E-state index is 13.8. The molecule has 0 spiro atoms. The van der Waals surface area contributed by atoms with Gasteiger partial charge in [0.2, 0.25) is 5.91 Å². The number of para-hydroxylation sites is 1. The van der Waals surface area contributed by atoms with Crippen molar-refractivity contribution in [1.29, 1.82) is 0 Å². The summed E-state index contributed by atoms with van der Waals surface area (Å²) in [6.45, 7) is 5.17. The van der Waals surface area contributed by atoms with Gasteiger partial charge in [0.25, 0.3) is 0 Å². The number of aromatic nitrogens is 2. The number of piperazine rings is 1. The fourth-order valence-electron chi connectivity index (χ4n) is 2.88. The summed E-state index contributed by atoms with van der Waals surface area (Å²) in [5.74, 6) is -0.0627. The van der Waals surface area contributed by atoms with E-state index in [2.05, 4.69) is 4.98 Å². The van der Waals surface area contributed by atoms with Crippen LogP contribution in [-0.4, -0.2) is 46.5 Å². The van der Waals surface area contributed by atoms with Gasteiger partial charge >= 0.3 is 0 Å². The van der Waals surface area contributed by atoms with Gasteiger partial charge in [0, 0.05) is 45.3 Å². The van der Waals surface area contributed by atoms with E-state index in [0.717, 1.165) is 5.69 Å². The molecule has 2 aromatic rings. The number of anilines is 1. The van der Waals surface area contributed by atoms with Crippen molar-refractivity contribution in [3.63, 3.8) is 0 Å². The molecule has 0 saturated carbocycles. The molecule has 5 nitrogen and oxygen atoms in total. The van der Waals surface area contributed by atoms with Crippen molar-refractivity contribution >= 4 is 11.6 Å². The molecule has 1 aliphatic rings. The largest absolute Gasteiger partial charge is 0.366 e. The van der Waals surface area contributed by atoms with Gasteiger partial charge in [-0.3, -0.25) is 4.79 Å². The van der Waals surface area contributed by atoms with Crippen LogP contribution < -0.4 is 4.90 Å². The van der Waals surface area contributed by atoms with E-state index in [1.54, 1.807) is 18.5 Å². The van der Waals surface area contributed by atoms with E-state index >= 15 is 0 Å². The maximum atomic E-state index is 13.8. The Morgan fingerprint density at radius 2 is 1.96 bits per heavy atom. The third-order valence-electron chi connectivity index (χ3n) is 4.17. The van der Waals surface area contributed by atoms with Gasteiger partial charge in [-0.2, -0.15) is 0 Å². The molecule has 2 heterocycles. The van der Waals surface area contributed by atoms with Gasteiger partial charge in [-0.15, -0.1) is 0 Å². The molecule has 122 valence electrons. The van der Waals surface area contributed by atoms with Crippen LogP contribution in [0.15, 0.2) is 36.8 Å². The standard InChI is InChI=1S/C17H21FN4O/c1-14-12-20(13-19-14)7-6-17(23)22-10-8-21(9-11-22)16-5-3-2-4-15(16)18/h2-5,12-13H,6-11H2,1H3. The summed E-state index contributed by atoms with van der Waals surface area (Å²) in [4.78, 5) is 20.3. The van der Waals surface area contributed by atoms with Crippen LogP contribution in [0.2, 0.25) is 0 Å². The Hall–Kier alpha value is -2.37. The Kier molecular flexibility index (Phi) is 4.60. The van der Waals surface area contributed by atoms with Crippen LogP contribution in [0.3, 0.4) is 0 Å². The Morgan fingerprint density at radius 1 is 1.22 bits per heavy atom. The first-order chi connectivity index (χ1) is 11.1. The fraction of sp³-hybridized carbons (Fsp3) is 0.412. The quantitative estimate of drug-likeness (QED) is 0.867. The van der Waals surface area contributed by atoms with E-state index in [4.69, 9.17) is 0 Å². The maximum Gasteiger partial charge on any atom is 0.224 e. The van der Waals surface area contributed by atoms with Crippen molar-refractivity contribution in [3.8, 4) is 0 Å². The van der Waals surface area contributed by atoms with Gasteiger partial charge in [-0.25, -0.2) is 9.37 Å². The number of carbonyl (C=O) groups is 1. The van der Waals surface area contributed by atoms with Gasteiger partial charge in [0.05, 0.1) is 17.7 Å². The molecular formula is C17H21FN4O. The first-order valence-electron chi connectivity index (χ1n) is 7.89. The number of hydrogen-bond donors (Lipinski definition) is 0. The van der Waals surface area contributed by atoms with Crippen molar-refractivity contribution < 1.29 is 9.18 Å². The average Bonchev–Trinajstić information content (AvgIpc) is 2.99. The van der Waals surface area contributed by atoms with E-state index in [0.29, 0.717) is 44.8 Å². The number of carbonyl (C=O) groups excluding carboxylic acids is 1. The number of imidazole rings is 1. The van der Waals surface area contributed by atoms with Crippen molar-refractivity contribution in [2.45, 2.75) is 19.9 Å². The zero-order valence-corrected chi connectivity index (χ0v) is 13.3. The highest BCUT2D eigenvalue weighted by atomic mass is 19.1. The lowest BCUT2D eigenvalue weighted by Gasteiger charge is -2.36. The fourth-order valence-corrected chi connectivity index (χ4v) is 2.88. The van der Waals surface area contributed by atoms with Crippen molar-refractivity contribution in [1.82, 2.24) is 14.5 Å². The first kappa shape index (κ1) is 15.5. The molecule has 0 radical (unpaired) electrons. The minimum atomic E-state index is -0.206. The predicted octanol–water partition coefficient (Wildman–Crippen LogP) is 2.07.